The summed E-state index contributed by atoms with van der Waals surface area (Å²) < 4.78 is 0. The highest BCUT2D eigenvalue weighted by Crippen LogP contribution is 2.17. The number of nitrogens with zero attached hydrogens (tertiary/aromatic N) is 5. The second-order valence-electron chi connectivity index (χ2n) is 4.31. The molecule has 1 N–H and O–H groups in total. The van der Waals surface area contributed by atoms with Crippen molar-refractivity contribution in [3.8, 4) is 0 Å². The Balaban J connectivity index is 3.11. The van der Waals surface area contributed by atoms with Crippen LogP contribution in [-0.4, -0.2) is 27.7 Å². The van der Waals surface area contributed by atoms with Gasteiger partial charge in [-0.1, -0.05) is 6.92 Å². The van der Waals surface area contributed by atoms with E-state index in [4.69, 9.17) is 5.41 Å². The Kier molecular flexibility index (Phi) is 4.71. The maximum Gasteiger partial charge on any atom is 0.150 e. The number of rotatable bonds is 3. The number of aliphatic imine (C=N–C) groups is 2. The van der Waals surface area contributed by atoms with Gasteiger partial charge in [-0.25, -0.2) is 5.06 Å². The fourth-order valence-electron chi connectivity index (χ4n) is 1.11. The Labute approximate surface area is 106 Å². The third-order valence-corrected chi connectivity index (χ3v) is 2.50. The lowest BCUT2D eigenvalue weighted by atomic mass is 10.0. The summed E-state index contributed by atoms with van der Waals surface area (Å²) in [6.45, 7) is 5.77. The fraction of sp³-hybridized carbons (Fsp3) is 0.417. The van der Waals surface area contributed by atoms with Crippen LogP contribution >= 0.6 is 0 Å². The average molecular weight is 246 g/mol. The molecular formula is C12H16N5O-. The second-order valence-corrected chi connectivity index (χ2v) is 4.31. The zero-order valence-electron chi connectivity index (χ0n) is 10.7. The summed E-state index contributed by atoms with van der Waals surface area (Å²) >= 11 is 0. The van der Waals surface area contributed by atoms with Gasteiger partial charge in [0.15, 0.2) is 5.96 Å². The van der Waals surface area contributed by atoms with E-state index in [1.54, 1.807) is 24.3 Å². The van der Waals surface area contributed by atoms with Crippen LogP contribution in [0.1, 0.15) is 27.2 Å². The lowest BCUT2D eigenvalue weighted by molar-refractivity contribution is 0.308. The van der Waals surface area contributed by atoms with Gasteiger partial charge in [0.1, 0.15) is 0 Å². The molecule has 0 bridgehead atoms. The lowest BCUT2D eigenvalue weighted by Gasteiger charge is -2.24. The molecule has 6 nitrogen and oxygen atoms in total. The van der Waals surface area contributed by atoms with Gasteiger partial charge in [-0.05, 0) is 32.4 Å². The van der Waals surface area contributed by atoms with Crippen LogP contribution in [0.4, 0.5) is 5.69 Å². The van der Waals surface area contributed by atoms with E-state index in [-0.39, 0.29) is 5.96 Å². The van der Waals surface area contributed by atoms with Crippen LogP contribution in [0.5, 0.6) is 0 Å². The molecule has 0 atom stereocenters. The number of pyridine rings is 1. The minimum Gasteiger partial charge on any atom is -0.422 e. The van der Waals surface area contributed by atoms with Crippen LogP contribution in [0.15, 0.2) is 34.5 Å². The van der Waals surface area contributed by atoms with Crippen LogP contribution < -0.4 is 5.06 Å². The van der Waals surface area contributed by atoms with Crippen LogP contribution in [0.25, 0.3) is 5.41 Å². The lowest BCUT2D eigenvalue weighted by Crippen LogP contribution is -2.29. The number of aromatic nitrogens is 1. The first-order valence-corrected chi connectivity index (χ1v) is 5.59. The van der Waals surface area contributed by atoms with Crippen molar-refractivity contribution in [1.82, 2.24) is 4.98 Å². The number of hydrogen-bond donors (Lipinski definition) is 1. The number of guanidine groups is 1. The summed E-state index contributed by atoms with van der Waals surface area (Å²) in [5, 5.41) is 19.4. The third-order valence-electron chi connectivity index (χ3n) is 2.50. The summed E-state index contributed by atoms with van der Waals surface area (Å²) in [5.41, 5.74) is 0.000875. The van der Waals surface area contributed by atoms with Gasteiger partial charge in [0.25, 0.3) is 0 Å². The Morgan fingerprint density at radius 2 is 2.33 bits per heavy atom. The van der Waals surface area contributed by atoms with Crippen molar-refractivity contribution in [3.63, 3.8) is 0 Å². The molecule has 0 radical (unpaired) electrons. The number of hydroxylamine groups is 1. The molecule has 0 saturated carbocycles. The second kappa shape index (κ2) is 6.05. The van der Waals surface area contributed by atoms with Gasteiger partial charge in [-0.2, -0.15) is 0 Å². The highest BCUT2D eigenvalue weighted by atomic mass is 16.5. The molecule has 6 heteroatoms. The third kappa shape index (κ3) is 3.76. The van der Waals surface area contributed by atoms with Gasteiger partial charge in [0.2, 0.25) is 0 Å². The van der Waals surface area contributed by atoms with Crippen LogP contribution in [0, 0.1) is 0 Å². The highest BCUT2D eigenvalue weighted by molar-refractivity contribution is 5.97. The molecule has 0 aliphatic carbocycles. The van der Waals surface area contributed by atoms with E-state index in [1.165, 1.54) is 6.20 Å². The van der Waals surface area contributed by atoms with E-state index in [9.17, 15) is 5.21 Å². The molecule has 0 aliphatic heterocycles. The van der Waals surface area contributed by atoms with Crippen molar-refractivity contribution in [1.29, 1.82) is 0 Å². The van der Waals surface area contributed by atoms with Gasteiger partial charge in [0.05, 0.1) is 17.4 Å². The molecule has 1 aromatic rings. The molecule has 0 fully saturated rings. The van der Waals surface area contributed by atoms with Crippen LogP contribution in [0.3, 0.4) is 0 Å². The number of anilines is 1. The number of hydrogen-bond acceptors (Lipinski definition) is 3. The zero-order valence-corrected chi connectivity index (χ0v) is 10.7. The minimum atomic E-state index is -0.404. The standard InChI is InChI=1S/C12H16N5O/c1-4-12(2,3)16-11(15-9-13)17(18)10-6-5-7-14-8-10/h5-8,18H,4H2,1-3H3/q-1. The SMILES string of the molecule is CCC(C)(C)N=C(N=C=[N-])N(O)c1cccnc1. The molecule has 0 saturated heterocycles. The molecule has 0 amide bonds. The Hall–Kier alpha value is -2.04. The topological polar surface area (TPSA) is 83.4 Å². The molecule has 0 aromatic carbocycles. The molecule has 0 spiro atoms. The first-order chi connectivity index (χ1) is 8.50. The molecule has 0 aliphatic rings. The highest BCUT2D eigenvalue weighted by Gasteiger charge is 2.15. The first kappa shape index (κ1) is 14.0. The summed E-state index contributed by atoms with van der Waals surface area (Å²) in [6.07, 6.45) is 3.81. The van der Waals surface area contributed by atoms with Crippen molar-refractivity contribution in [3.05, 3.63) is 29.9 Å². The molecular weight excluding hydrogens is 230 g/mol. The fourth-order valence-corrected chi connectivity index (χ4v) is 1.11. The zero-order chi connectivity index (χ0) is 13.6. The maximum absolute atomic E-state index is 9.99. The molecule has 96 valence electrons. The van der Waals surface area contributed by atoms with Gasteiger partial charge in [-0.3, -0.25) is 15.2 Å². The van der Waals surface area contributed by atoms with E-state index in [0.29, 0.717) is 5.69 Å². The normalized spacial score (nSPS) is 11.9. The molecule has 1 aromatic heterocycles. The van der Waals surface area contributed by atoms with Crippen LogP contribution in [0.2, 0.25) is 0 Å². The summed E-state index contributed by atoms with van der Waals surface area (Å²) in [7, 11) is 0. The van der Waals surface area contributed by atoms with Crippen molar-refractivity contribution < 1.29 is 5.21 Å². The van der Waals surface area contributed by atoms with Crippen LogP contribution in [-0.2, 0) is 0 Å². The summed E-state index contributed by atoms with van der Waals surface area (Å²) in [5.74, 6) is -0.0441. The van der Waals surface area contributed by atoms with Crippen molar-refractivity contribution in [2.24, 2.45) is 9.98 Å². The van der Waals surface area contributed by atoms with Gasteiger partial charge in [-0.15, -0.1) is 6.01 Å². The van der Waals surface area contributed by atoms with Gasteiger partial charge in [0, 0.05) is 6.20 Å². The molecule has 1 heterocycles. The largest absolute Gasteiger partial charge is 0.422 e. The average Bonchev–Trinajstić information content (AvgIpc) is 2.38. The predicted octanol–water partition coefficient (Wildman–Crippen LogP) is 2.57. The van der Waals surface area contributed by atoms with Crippen molar-refractivity contribution in [2.75, 3.05) is 5.06 Å². The summed E-state index contributed by atoms with van der Waals surface area (Å²) in [6, 6.07) is 4.96. The van der Waals surface area contributed by atoms with Crippen molar-refractivity contribution in [2.45, 2.75) is 32.7 Å². The molecule has 1 rings (SSSR count). The quantitative estimate of drug-likeness (QED) is 0.505. The first-order valence-electron chi connectivity index (χ1n) is 5.59. The predicted molar refractivity (Wildman–Crippen MR) is 71.1 cm³/mol. The van der Waals surface area contributed by atoms with E-state index in [0.717, 1.165) is 11.5 Å². The Morgan fingerprint density at radius 1 is 1.61 bits per heavy atom. The van der Waals surface area contributed by atoms with Gasteiger partial charge >= 0.3 is 0 Å². The Bertz CT molecular complexity index is 463. The maximum atomic E-state index is 9.99. The monoisotopic (exact) mass is 246 g/mol. The van der Waals surface area contributed by atoms with E-state index >= 15 is 0 Å². The smallest absolute Gasteiger partial charge is 0.150 e. The van der Waals surface area contributed by atoms with E-state index in [2.05, 4.69) is 15.0 Å². The minimum absolute atomic E-state index is 0.0441. The van der Waals surface area contributed by atoms with E-state index < -0.39 is 5.54 Å². The summed E-state index contributed by atoms with van der Waals surface area (Å²) in [4.78, 5) is 11.7. The van der Waals surface area contributed by atoms with E-state index in [1.807, 2.05) is 20.8 Å². The molecule has 18 heavy (non-hydrogen) atoms. The van der Waals surface area contributed by atoms with Crippen molar-refractivity contribution >= 4 is 17.7 Å². The van der Waals surface area contributed by atoms with Gasteiger partial charge < -0.3 is 10.4 Å². The molecule has 0 unspecified atom stereocenters. The Morgan fingerprint density at radius 3 is 2.83 bits per heavy atom.